The largest absolute Gasteiger partial charge is 0.364 e. The predicted molar refractivity (Wildman–Crippen MR) is 57.4 cm³/mol. The molecular weight excluding hydrogens is 190 g/mol. The van der Waals surface area contributed by atoms with E-state index in [1.165, 1.54) is 0 Å². The van der Waals surface area contributed by atoms with Gasteiger partial charge in [-0.1, -0.05) is 13.8 Å². The lowest BCUT2D eigenvalue weighted by molar-refractivity contribution is 0.0996. The average molecular weight is 202 g/mol. The van der Waals surface area contributed by atoms with Gasteiger partial charge in [0.25, 0.3) is 5.91 Å². The number of amides is 1. The van der Waals surface area contributed by atoms with Crippen LogP contribution in [0.5, 0.6) is 0 Å². The Hall–Kier alpha value is -1.84. The molecule has 2 N–H and O–H groups in total. The maximum Gasteiger partial charge on any atom is 0.269 e. The van der Waals surface area contributed by atoms with Gasteiger partial charge >= 0.3 is 0 Å². The van der Waals surface area contributed by atoms with E-state index in [0.717, 1.165) is 11.1 Å². The summed E-state index contributed by atoms with van der Waals surface area (Å²) < 4.78 is 0. The lowest BCUT2D eigenvalue weighted by Gasteiger charge is -2.08. The number of hydrogen-bond donors (Lipinski definition) is 1. The van der Waals surface area contributed by atoms with E-state index in [1.807, 2.05) is 6.07 Å². The van der Waals surface area contributed by atoms with Crippen molar-refractivity contribution in [3.05, 3.63) is 29.7 Å². The highest BCUT2D eigenvalue weighted by atomic mass is 16.1. The number of pyridine rings is 1. The maximum atomic E-state index is 11.1. The van der Waals surface area contributed by atoms with E-state index >= 15 is 0 Å². The number of nitrogens with zero attached hydrogens (tertiary/aromatic N) is 2. The van der Waals surface area contributed by atoms with Crippen LogP contribution in [-0.4, -0.2) is 10.9 Å². The molecule has 1 aromatic heterocycles. The third-order valence-electron chi connectivity index (χ3n) is 2.42. The number of carbonyl (C=O) groups excluding carboxylic acids is 1. The first-order chi connectivity index (χ1) is 7.11. The van der Waals surface area contributed by atoms with Crippen LogP contribution in [0.15, 0.2) is 18.5 Å². The second-order valence-corrected chi connectivity index (χ2v) is 3.79. The molecule has 0 fully saturated rings. The summed E-state index contributed by atoms with van der Waals surface area (Å²) in [6.07, 6.45) is 3.37. The van der Waals surface area contributed by atoms with Crippen molar-refractivity contribution in [3.63, 3.8) is 0 Å². The van der Waals surface area contributed by atoms with E-state index < -0.39 is 5.91 Å². The Bertz CT molecular complexity index is 449. The van der Waals surface area contributed by atoms with Crippen LogP contribution in [0.1, 0.15) is 29.9 Å². The molecule has 1 radical (unpaired) electrons. The number of carbonyl (C=O) groups is 1. The zero-order chi connectivity index (χ0) is 11.0. The second-order valence-electron chi connectivity index (χ2n) is 3.79. The SMILES string of the molecule is CC(C)C1=C[N]c2c1ccnc2C(N)=O. The molecule has 4 heteroatoms. The maximum absolute atomic E-state index is 11.1. The molecule has 0 spiro atoms. The van der Waals surface area contributed by atoms with Crippen LogP contribution in [0, 0.1) is 5.92 Å². The van der Waals surface area contributed by atoms with Gasteiger partial charge in [-0.3, -0.25) is 10.1 Å². The van der Waals surface area contributed by atoms with Crippen LogP contribution in [0.2, 0.25) is 0 Å². The van der Waals surface area contributed by atoms with E-state index in [9.17, 15) is 4.79 Å². The van der Waals surface area contributed by atoms with E-state index in [2.05, 4.69) is 24.1 Å². The lowest BCUT2D eigenvalue weighted by atomic mass is 9.97. The van der Waals surface area contributed by atoms with Crippen molar-refractivity contribution in [1.29, 1.82) is 0 Å². The molecule has 77 valence electrons. The Morgan fingerprint density at radius 1 is 1.47 bits per heavy atom. The smallest absolute Gasteiger partial charge is 0.269 e. The topological polar surface area (TPSA) is 70.1 Å². The summed E-state index contributed by atoms with van der Waals surface area (Å²) >= 11 is 0. The van der Waals surface area contributed by atoms with Gasteiger partial charge < -0.3 is 5.73 Å². The first kappa shape index (κ1) is 9.71. The van der Waals surface area contributed by atoms with Crippen molar-refractivity contribution in [2.75, 3.05) is 0 Å². The van der Waals surface area contributed by atoms with Gasteiger partial charge in [-0.25, -0.2) is 4.98 Å². The van der Waals surface area contributed by atoms with E-state index in [0.29, 0.717) is 11.6 Å². The van der Waals surface area contributed by atoms with Gasteiger partial charge in [0.05, 0.1) is 0 Å². The minimum absolute atomic E-state index is 0.249. The molecular formula is C11H12N3O. The third kappa shape index (κ3) is 1.48. The van der Waals surface area contributed by atoms with Crippen molar-refractivity contribution in [1.82, 2.24) is 10.3 Å². The van der Waals surface area contributed by atoms with E-state index in [-0.39, 0.29) is 5.69 Å². The molecule has 0 bridgehead atoms. The van der Waals surface area contributed by atoms with Gasteiger partial charge in [0.15, 0.2) is 5.69 Å². The highest BCUT2D eigenvalue weighted by Crippen LogP contribution is 2.35. The zero-order valence-electron chi connectivity index (χ0n) is 8.69. The quantitative estimate of drug-likeness (QED) is 0.788. The number of allylic oxidation sites excluding steroid dienone is 1. The molecule has 15 heavy (non-hydrogen) atoms. The molecule has 1 aliphatic rings. The van der Waals surface area contributed by atoms with E-state index in [4.69, 9.17) is 5.73 Å². The van der Waals surface area contributed by atoms with Gasteiger partial charge in [0, 0.05) is 18.0 Å². The number of nitrogens with two attached hydrogens (primary N) is 1. The fourth-order valence-electron chi connectivity index (χ4n) is 1.66. The number of hydrogen-bond acceptors (Lipinski definition) is 2. The molecule has 0 unspecified atom stereocenters. The van der Waals surface area contributed by atoms with Crippen molar-refractivity contribution in [2.24, 2.45) is 11.7 Å². The zero-order valence-corrected chi connectivity index (χ0v) is 8.69. The van der Waals surface area contributed by atoms with Gasteiger partial charge in [-0.15, -0.1) is 0 Å². The van der Waals surface area contributed by atoms with Crippen LogP contribution in [0.25, 0.3) is 5.57 Å². The van der Waals surface area contributed by atoms with Crippen LogP contribution in [-0.2, 0) is 0 Å². The van der Waals surface area contributed by atoms with Crippen molar-refractivity contribution >= 4 is 17.2 Å². The number of aromatic nitrogens is 1. The van der Waals surface area contributed by atoms with Gasteiger partial charge in [-0.2, -0.15) is 0 Å². The summed E-state index contributed by atoms with van der Waals surface area (Å²) in [6.45, 7) is 4.17. The van der Waals surface area contributed by atoms with Gasteiger partial charge in [0.2, 0.25) is 0 Å². The summed E-state index contributed by atoms with van der Waals surface area (Å²) in [5, 5.41) is 4.20. The summed E-state index contributed by atoms with van der Waals surface area (Å²) in [7, 11) is 0. The highest BCUT2D eigenvalue weighted by molar-refractivity contribution is 5.99. The first-order valence-electron chi connectivity index (χ1n) is 4.81. The Labute approximate surface area is 88.2 Å². The molecule has 1 amide bonds. The molecule has 2 rings (SSSR count). The Morgan fingerprint density at radius 3 is 2.80 bits per heavy atom. The molecule has 1 aromatic rings. The number of primary amides is 1. The standard InChI is InChI=1S/C11H12N3O/c1-6(2)8-5-14-9-7(8)3-4-13-10(9)11(12)15/h3-6H,1-2H3,(H2,12,15). The molecule has 0 saturated heterocycles. The summed E-state index contributed by atoms with van der Waals surface area (Å²) in [4.78, 5) is 15.1. The Morgan fingerprint density at radius 2 is 2.20 bits per heavy atom. The lowest BCUT2D eigenvalue weighted by Crippen LogP contribution is -2.14. The molecule has 0 atom stereocenters. The van der Waals surface area contributed by atoms with Crippen molar-refractivity contribution in [3.8, 4) is 0 Å². The third-order valence-corrected chi connectivity index (χ3v) is 2.42. The molecule has 0 saturated carbocycles. The average Bonchev–Trinajstić information content (AvgIpc) is 2.59. The number of rotatable bonds is 2. The van der Waals surface area contributed by atoms with Crippen LogP contribution >= 0.6 is 0 Å². The Balaban J connectivity index is 2.53. The van der Waals surface area contributed by atoms with Crippen molar-refractivity contribution < 1.29 is 4.79 Å². The Kier molecular flexibility index (Phi) is 2.19. The second kappa shape index (κ2) is 3.38. The molecule has 1 aliphatic heterocycles. The number of fused-ring (bicyclic) bond motifs is 1. The minimum atomic E-state index is -0.533. The van der Waals surface area contributed by atoms with Crippen LogP contribution in [0.4, 0.5) is 5.69 Å². The fourth-order valence-corrected chi connectivity index (χ4v) is 1.66. The normalized spacial score (nSPS) is 13.4. The molecule has 2 heterocycles. The van der Waals surface area contributed by atoms with Crippen LogP contribution in [0.3, 0.4) is 0 Å². The summed E-state index contributed by atoms with van der Waals surface area (Å²) in [6, 6.07) is 1.87. The highest BCUT2D eigenvalue weighted by Gasteiger charge is 2.23. The van der Waals surface area contributed by atoms with Crippen molar-refractivity contribution in [2.45, 2.75) is 13.8 Å². The van der Waals surface area contributed by atoms with Gasteiger partial charge in [0.1, 0.15) is 5.69 Å². The molecule has 4 nitrogen and oxygen atoms in total. The van der Waals surface area contributed by atoms with Crippen LogP contribution < -0.4 is 11.1 Å². The predicted octanol–water partition coefficient (Wildman–Crippen LogP) is 1.43. The van der Waals surface area contributed by atoms with Gasteiger partial charge in [-0.05, 0) is 17.6 Å². The fraction of sp³-hybridized carbons (Fsp3) is 0.273. The summed E-state index contributed by atoms with van der Waals surface area (Å²) in [5.41, 5.74) is 8.17. The first-order valence-corrected chi connectivity index (χ1v) is 4.81. The molecule has 0 aromatic carbocycles. The monoisotopic (exact) mass is 202 g/mol. The van der Waals surface area contributed by atoms with E-state index in [1.54, 1.807) is 12.4 Å². The molecule has 0 aliphatic carbocycles. The minimum Gasteiger partial charge on any atom is -0.364 e. The summed E-state index contributed by atoms with van der Waals surface area (Å²) in [5.74, 6) is -0.160.